The van der Waals surface area contributed by atoms with Crippen molar-refractivity contribution < 1.29 is 22.7 Å². The summed E-state index contributed by atoms with van der Waals surface area (Å²) in [5.74, 6) is -1.38. The molecule has 14 heavy (non-hydrogen) atoms. The largest absolute Gasteiger partial charge is 0.490 e. The van der Waals surface area contributed by atoms with Crippen LogP contribution in [0.5, 0.6) is 0 Å². The molecule has 2 aliphatic rings. The van der Waals surface area contributed by atoms with Gasteiger partial charge in [0.05, 0.1) is 0 Å². The minimum absolute atomic E-state index is 0.172. The lowest BCUT2D eigenvalue weighted by molar-refractivity contribution is -0.206. The van der Waals surface area contributed by atoms with Gasteiger partial charge in [-0.1, -0.05) is 0 Å². The molecule has 0 spiro atoms. The number of halogens is 3. The topological polar surface area (TPSA) is 26.3 Å². The Balaban J connectivity index is 1.90. The number of fused-ring (bicyclic) bond motifs is 2. The predicted molar refractivity (Wildman–Crippen MR) is 41.4 cm³/mol. The van der Waals surface area contributed by atoms with E-state index in [0.29, 0.717) is 12.3 Å². The summed E-state index contributed by atoms with van der Waals surface area (Å²) in [6.07, 6.45) is -1.81. The average Bonchev–Trinajstić information content (AvgIpc) is 2.62. The highest BCUT2D eigenvalue weighted by Crippen LogP contribution is 2.46. The molecule has 3 atom stereocenters. The second-order valence-electron chi connectivity index (χ2n) is 4.12. The van der Waals surface area contributed by atoms with Gasteiger partial charge in [0.15, 0.2) is 0 Å². The van der Waals surface area contributed by atoms with Gasteiger partial charge in [0.1, 0.15) is 6.10 Å². The van der Waals surface area contributed by atoms with Crippen LogP contribution in [-0.4, -0.2) is 18.2 Å². The minimum Gasteiger partial charge on any atom is -0.455 e. The van der Waals surface area contributed by atoms with E-state index in [1.165, 1.54) is 0 Å². The zero-order chi connectivity index (χ0) is 10.3. The zero-order valence-electron chi connectivity index (χ0n) is 7.51. The lowest BCUT2D eigenvalue weighted by Crippen LogP contribution is -2.32. The van der Waals surface area contributed by atoms with E-state index in [4.69, 9.17) is 0 Å². The van der Waals surface area contributed by atoms with Gasteiger partial charge in [-0.15, -0.1) is 0 Å². The van der Waals surface area contributed by atoms with Crippen molar-refractivity contribution in [3.05, 3.63) is 0 Å². The maximum absolute atomic E-state index is 11.9. The van der Waals surface area contributed by atoms with Crippen LogP contribution in [0.3, 0.4) is 0 Å². The van der Waals surface area contributed by atoms with Crippen LogP contribution in [0.15, 0.2) is 0 Å². The SMILES string of the molecule is O=C(OC1CC2CCC1C2)C(F)(F)F. The number of alkyl halides is 3. The molecule has 2 fully saturated rings. The molecule has 2 nitrogen and oxygen atoms in total. The van der Waals surface area contributed by atoms with Gasteiger partial charge < -0.3 is 4.74 Å². The van der Waals surface area contributed by atoms with E-state index in [2.05, 4.69) is 4.74 Å². The fraction of sp³-hybridized carbons (Fsp3) is 0.889. The van der Waals surface area contributed by atoms with Crippen molar-refractivity contribution in [1.82, 2.24) is 0 Å². The number of hydrogen-bond donors (Lipinski definition) is 0. The lowest BCUT2D eigenvalue weighted by atomic mass is 9.98. The van der Waals surface area contributed by atoms with E-state index < -0.39 is 18.2 Å². The van der Waals surface area contributed by atoms with Crippen molar-refractivity contribution in [2.75, 3.05) is 0 Å². The molecule has 0 amide bonds. The smallest absolute Gasteiger partial charge is 0.455 e. The van der Waals surface area contributed by atoms with Crippen LogP contribution in [-0.2, 0) is 9.53 Å². The first-order valence-corrected chi connectivity index (χ1v) is 4.74. The molecule has 0 aliphatic heterocycles. The Morgan fingerprint density at radius 1 is 1.21 bits per heavy atom. The lowest BCUT2D eigenvalue weighted by Gasteiger charge is -2.22. The molecule has 0 aromatic carbocycles. The molecular weight excluding hydrogens is 197 g/mol. The summed E-state index contributed by atoms with van der Waals surface area (Å²) in [5.41, 5.74) is 0. The van der Waals surface area contributed by atoms with E-state index in [1.54, 1.807) is 0 Å². The second-order valence-corrected chi connectivity index (χ2v) is 4.12. The van der Waals surface area contributed by atoms with E-state index in [-0.39, 0.29) is 5.92 Å². The highest BCUT2D eigenvalue weighted by Gasteiger charge is 2.47. The molecular formula is C9H11F3O2. The van der Waals surface area contributed by atoms with Gasteiger partial charge in [-0.2, -0.15) is 13.2 Å². The quantitative estimate of drug-likeness (QED) is 0.618. The van der Waals surface area contributed by atoms with E-state index in [1.807, 2.05) is 0 Å². The molecule has 2 rings (SSSR count). The number of esters is 1. The molecule has 3 unspecified atom stereocenters. The van der Waals surface area contributed by atoms with Crippen molar-refractivity contribution in [2.24, 2.45) is 11.8 Å². The van der Waals surface area contributed by atoms with Crippen LogP contribution in [0, 0.1) is 11.8 Å². The Bertz CT molecular complexity index is 249. The van der Waals surface area contributed by atoms with Gasteiger partial charge in [-0.05, 0) is 37.5 Å². The summed E-state index contributed by atoms with van der Waals surface area (Å²) in [6, 6.07) is 0. The van der Waals surface area contributed by atoms with Crippen molar-refractivity contribution in [1.29, 1.82) is 0 Å². The number of hydrogen-bond acceptors (Lipinski definition) is 2. The van der Waals surface area contributed by atoms with Gasteiger partial charge in [0.2, 0.25) is 0 Å². The molecule has 5 heteroatoms. The molecule has 2 aliphatic carbocycles. The highest BCUT2D eigenvalue weighted by molar-refractivity contribution is 5.75. The summed E-state index contributed by atoms with van der Waals surface area (Å²) in [5, 5.41) is 0. The number of rotatable bonds is 1. The van der Waals surface area contributed by atoms with Crippen molar-refractivity contribution in [3.8, 4) is 0 Å². The Kier molecular flexibility index (Phi) is 2.20. The molecule has 2 bridgehead atoms. The third kappa shape index (κ3) is 1.72. The van der Waals surface area contributed by atoms with Crippen molar-refractivity contribution in [3.63, 3.8) is 0 Å². The predicted octanol–water partition coefficient (Wildman–Crippen LogP) is 2.28. The highest BCUT2D eigenvalue weighted by atomic mass is 19.4. The van der Waals surface area contributed by atoms with Crippen LogP contribution in [0.25, 0.3) is 0 Å². The number of carbonyl (C=O) groups excluding carboxylic acids is 1. The number of carbonyl (C=O) groups is 1. The average molecular weight is 208 g/mol. The first-order chi connectivity index (χ1) is 6.47. The van der Waals surface area contributed by atoms with E-state index >= 15 is 0 Å². The van der Waals surface area contributed by atoms with Crippen LogP contribution >= 0.6 is 0 Å². The van der Waals surface area contributed by atoms with Crippen molar-refractivity contribution in [2.45, 2.75) is 38.0 Å². The van der Waals surface area contributed by atoms with Crippen LogP contribution in [0.4, 0.5) is 13.2 Å². The van der Waals surface area contributed by atoms with Crippen LogP contribution in [0.1, 0.15) is 25.7 Å². The van der Waals surface area contributed by atoms with Crippen LogP contribution < -0.4 is 0 Å². The maximum atomic E-state index is 11.9. The molecule has 0 aromatic rings. The third-order valence-corrected chi connectivity index (χ3v) is 3.16. The van der Waals surface area contributed by atoms with E-state index in [9.17, 15) is 18.0 Å². The number of ether oxygens (including phenoxy) is 1. The Labute approximate surface area is 79.4 Å². The minimum atomic E-state index is -4.85. The second kappa shape index (κ2) is 3.14. The van der Waals surface area contributed by atoms with Crippen molar-refractivity contribution >= 4 is 5.97 Å². The van der Waals surface area contributed by atoms with E-state index in [0.717, 1.165) is 19.3 Å². The van der Waals surface area contributed by atoms with Crippen LogP contribution in [0.2, 0.25) is 0 Å². The molecule has 80 valence electrons. The van der Waals surface area contributed by atoms with Gasteiger partial charge in [-0.25, -0.2) is 4.79 Å². The molecule has 0 heterocycles. The summed E-state index contributed by atoms with van der Waals surface area (Å²) >= 11 is 0. The van der Waals surface area contributed by atoms with Gasteiger partial charge in [0, 0.05) is 0 Å². The van der Waals surface area contributed by atoms with Gasteiger partial charge in [0.25, 0.3) is 0 Å². The fourth-order valence-corrected chi connectivity index (χ4v) is 2.54. The molecule has 0 N–H and O–H groups in total. The molecule has 0 radical (unpaired) electrons. The summed E-state index contributed by atoms with van der Waals surface area (Å²) in [4.78, 5) is 10.5. The summed E-state index contributed by atoms with van der Waals surface area (Å²) in [6.45, 7) is 0. The maximum Gasteiger partial charge on any atom is 0.490 e. The standard InChI is InChI=1S/C9H11F3O2/c10-9(11,12)8(13)14-7-4-5-1-2-6(7)3-5/h5-7H,1-4H2. The zero-order valence-corrected chi connectivity index (χ0v) is 7.51. The third-order valence-electron chi connectivity index (χ3n) is 3.16. The summed E-state index contributed by atoms with van der Waals surface area (Å²) < 4.78 is 40.1. The first-order valence-electron chi connectivity index (χ1n) is 4.74. The summed E-state index contributed by atoms with van der Waals surface area (Å²) in [7, 11) is 0. The van der Waals surface area contributed by atoms with Gasteiger partial charge >= 0.3 is 12.1 Å². The Morgan fingerprint density at radius 3 is 2.36 bits per heavy atom. The molecule has 0 aromatic heterocycles. The monoisotopic (exact) mass is 208 g/mol. The molecule has 2 saturated carbocycles. The first kappa shape index (κ1) is 9.80. The normalized spacial score (nSPS) is 36.1. The molecule has 0 saturated heterocycles. The Hall–Kier alpha value is -0.740. The Morgan fingerprint density at radius 2 is 1.93 bits per heavy atom. The van der Waals surface area contributed by atoms with Gasteiger partial charge in [-0.3, -0.25) is 0 Å². The fourth-order valence-electron chi connectivity index (χ4n) is 2.54.